The molecule has 0 aliphatic carbocycles. The minimum atomic E-state index is -0.365. The summed E-state index contributed by atoms with van der Waals surface area (Å²) in [5, 5.41) is 9.27. The topological polar surface area (TPSA) is 101 Å². The van der Waals surface area contributed by atoms with Crippen LogP contribution in [0.2, 0.25) is 0 Å². The zero-order valence-electron chi connectivity index (χ0n) is 22.0. The van der Waals surface area contributed by atoms with Crippen LogP contribution in [-0.4, -0.2) is 49.3 Å². The second kappa shape index (κ2) is 12.3. The van der Waals surface area contributed by atoms with Gasteiger partial charge in [0.2, 0.25) is 11.9 Å². The molecule has 1 fully saturated rings. The van der Waals surface area contributed by atoms with E-state index in [0.29, 0.717) is 41.9 Å². The number of benzene rings is 3. The first-order valence-electron chi connectivity index (χ1n) is 12.7. The number of nitrogens with one attached hydrogen (secondary N) is 3. The van der Waals surface area contributed by atoms with Crippen LogP contribution >= 0.6 is 0 Å². The largest absolute Gasteiger partial charge is 0.495 e. The summed E-state index contributed by atoms with van der Waals surface area (Å²) in [4.78, 5) is 23.4. The highest BCUT2D eigenvalue weighted by Gasteiger charge is 2.17. The van der Waals surface area contributed by atoms with Gasteiger partial charge in [0.1, 0.15) is 11.6 Å². The highest BCUT2D eigenvalue weighted by Crippen LogP contribution is 2.34. The summed E-state index contributed by atoms with van der Waals surface area (Å²) in [6.45, 7) is 6.34. The predicted octanol–water partition coefficient (Wildman–Crippen LogP) is 5.74. The Morgan fingerprint density at radius 1 is 1.02 bits per heavy atom. The predicted molar refractivity (Wildman–Crippen MR) is 155 cm³/mol. The normalized spacial score (nSPS) is 12.9. The van der Waals surface area contributed by atoms with Gasteiger partial charge in [0.05, 0.1) is 43.6 Å². The number of amides is 1. The average Bonchev–Trinajstić information content (AvgIpc) is 2.98. The average molecular weight is 541 g/mol. The third-order valence-corrected chi connectivity index (χ3v) is 6.27. The second-order valence-electron chi connectivity index (χ2n) is 8.98. The monoisotopic (exact) mass is 540 g/mol. The van der Waals surface area contributed by atoms with Crippen molar-refractivity contribution in [2.45, 2.75) is 0 Å². The Balaban J connectivity index is 1.50. The van der Waals surface area contributed by atoms with E-state index in [9.17, 15) is 9.18 Å². The maximum absolute atomic E-state index is 13.9. The van der Waals surface area contributed by atoms with Crippen molar-refractivity contribution in [1.29, 1.82) is 0 Å². The van der Waals surface area contributed by atoms with Crippen LogP contribution in [0.4, 0.5) is 38.8 Å². The molecule has 4 aromatic rings. The zero-order valence-corrected chi connectivity index (χ0v) is 22.0. The van der Waals surface area contributed by atoms with Crippen LogP contribution in [0.25, 0.3) is 11.3 Å². The van der Waals surface area contributed by atoms with E-state index in [1.807, 2.05) is 30.3 Å². The van der Waals surface area contributed by atoms with E-state index in [4.69, 9.17) is 14.5 Å². The van der Waals surface area contributed by atoms with Crippen molar-refractivity contribution >= 4 is 40.3 Å². The lowest BCUT2D eigenvalue weighted by Crippen LogP contribution is -2.36. The molecule has 5 rings (SSSR count). The van der Waals surface area contributed by atoms with Gasteiger partial charge in [-0.3, -0.25) is 4.79 Å². The van der Waals surface area contributed by atoms with E-state index in [2.05, 4.69) is 32.4 Å². The van der Waals surface area contributed by atoms with Crippen molar-refractivity contribution in [3.05, 3.63) is 91.4 Å². The summed E-state index contributed by atoms with van der Waals surface area (Å²) in [7, 11) is 1.65. The number of hydrogen-bond acceptors (Lipinski definition) is 8. The summed E-state index contributed by atoms with van der Waals surface area (Å²) >= 11 is 0. The van der Waals surface area contributed by atoms with E-state index in [0.717, 1.165) is 35.8 Å². The van der Waals surface area contributed by atoms with Gasteiger partial charge in [-0.05, 0) is 54.6 Å². The maximum atomic E-state index is 13.9. The number of nitrogens with zero attached hydrogens (tertiary/aromatic N) is 3. The molecule has 3 N–H and O–H groups in total. The molecule has 1 aromatic heterocycles. The van der Waals surface area contributed by atoms with Crippen LogP contribution in [0.15, 0.2) is 85.6 Å². The zero-order chi connectivity index (χ0) is 27.9. The Bertz CT molecular complexity index is 1520. The van der Waals surface area contributed by atoms with Gasteiger partial charge in [-0.15, -0.1) is 0 Å². The quantitative estimate of drug-likeness (QED) is 0.231. The number of aromatic nitrogens is 2. The van der Waals surface area contributed by atoms with E-state index in [1.165, 1.54) is 18.2 Å². The molecule has 0 atom stereocenters. The first kappa shape index (κ1) is 26.6. The third-order valence-electron chi connectivity index (χ3n) is 6.27. The van der Waals surface area contributed by atoms with E-state index in [1.54, 1.807) is 37.6 Å². The molecular weight excluding hydrogens is 511 g/mol. The summed E-state index contributed by atoms with van der Waals surface area (Å²) in [6, 6.07) is 19.2. The molecule has 2 heterocycles. The van der Waals surface area contributed by atoms with Crippen LogP contribution in [0, 0.1) is 5.82 Å². The van der Waals surface area contributed by atoms with Gasteiger partial charge >= 0.3 is 0 Å². The number of methoxy groups -OCH3 is 1. The van der Waals surface area contributed by atoms with E-state index < -0.39 is 0 Å². The lowest BCUT2D eigenvalue weighted by Gasteiger charge is -2.30. The van der Waals surface area contributed by atoms with Crippen LogP contribution in [0.1, 0.15) is 0 Å². The van der Waals surface area contributed by atoms with Crippen LogP contribution in [0.5, 0.6) is 5.75 Å². The fourth-order valence-corrected chi connectivity index (χ4v) is 4.36. The highest BCUT2D eigenvalue weighted by atomic mass is 19.1. The standard InChI is InChI=1S/C30H29FN6O3/c1-3-28(38)34-22-8-4-6-20(16-22)29-25(33-23-9-5-7-21(31)17-23)19-32-30(36-29)35-24-10-11-27(39-2)26(18-24)37-12-14-40-15-13-37/h3-11,16-19,33H,1,12-15H2,2H3,(H,34,38)(H,32,35,36). The summed E-state index contributed by atoms with van der Waals surface area (Å²) in [5.41, 5.74) is 4.70. The number of rotatable bonds is 9. The molecule has 204 valence electrons. The molecule has 0 spiro atoms. The fraction of sp³-hybridized carbons (Fsp3) is 0.167. The number of carbonyl (C=O) groups excluding carboxylic acids is 1. The van der Waals surface area contributed by atoms with Gasteiger partial charge < -0.3 is 30.3 Å². The highest BCUT2D eigenvalue weighted by molar-refractivity contribution is 5.99. The fourth-order valence-electron chi connectivity index (χ4n) is 4.36. The van der Waals surface area contributed by atoms with Gasteiger partial charge in [0.25, 0.3) is 0 Å². The molecule has 9 nitrogen and oxygen atoms in total. The molecule has 0 radical (unpaired) electrons. The Hall–Kier alpha value is -4.96. The van der Waals surface area contributed by atoms with Gasteiger partial charge in [0, 0.05) is 35.7 Å². The molecule has 3 aromatic carbocycles. The first-order valence-corrected chi connectivity index (χ1v) is 12.7. The Kier molecular flexibility index (Phi) is 8.17. The molecule has 0 bridgehead atoms. The Morgan fingerprint density at radius 3 is 2.58 bits per heavy atom. The number of morpholine rings is 1. The van der Waals surface area contributed by atoms with E-state index in [-0.39, 0.29) is 11.7 Å². The summed E-state index contributed by atoms with van der Waals surface area (Å²) < 4.78 is 25.0. The molecule has 10 heteroatoms. The van der Waals surface area contributed by atoms with Crippen molar-refractivity contribution in [1.82, 2.24) is 9.97 Å². The van der Waals surface area contributed by atoms with Crippen LogP contribution < -0.4 is 25.6 Å². The molecule has 1 saturated heterocycles. The van der Waals surface area contributed by atoms with Crippen molar-refractivity contribution < 1.29 is 18.7 Å². The molecule has 40 heavy (non-hydrogen) atoms. The van der Waals surface area contributed by atoms with Crippen molar-refractivity contribution in [3.63, 3.8) is 0 Å². The van der Waals surface area contributed by atoms with Crippen molar-refractivity contribution in [2.75, 3.05) is 54.3 Å². The number of halogens is 1. The molecule has 1 amide bonds. The molecule has 0 unspecified atom stereocenters. The minimum absolute atomic E-state index is 0.323. The van der Waals surface area contributed by atoms with Gasteiger partial charge in [-0.25, -0.2) is 14.4 Å². The Labute approximate surface area is 231 Å². The smallest absolute Gasteiger partial charge is 0.247 e. The summed E-state index contributed by atoms with van der Waals surface area (Å²) in [6.07, 6.45) is 2.84. The number of hydrogen-bond donors (Lipinski definition) is 3. The van der Waals surface area contributed by atoms with Crippen molar-refractivity contribution in [2.24, 2.45) is 0 Å². The SMILES string of the molecule is C=CC(=O)Nc1cccc(-c2nc(Nc3ccc(OC)c(N4CCOCC4)c3)ncc2Nc2cccc(F)c2)c1. The number of anilines is 6. The molecular formula is C30H29FN6O3. The molecule has 1 aliphatic heterocycles. The van der Waals surface area contributed by atoms with Gasteiger partial charge in [0.15, 0.2) is 0 Å². The summed E-state index contributed by atoms with van der Waals surface area (Å²) in [5.74, 6) is 0.437. The van der Waals surface area contributed by atoms with Crippen LogP contribution in [0.3, 0.4) is 0 Å². The number of ether oxygens (including phenoxy) is 2. The van der Waals surface area contributed by atoms with Gasteiger partial charge in [-0.2, -0.15) is 0 Å². The lowest BCUT2D eigenvalue weighted by atomic mass is 10.1. The Morgan fingerprint density at radius 2 is 1.80 bits per heavy atom. The van der Waals surface area contributed by atoms with Crippen molar-refractivity contribution in [3.8, 4) is 17.0 Å². The third kappa shape index (κ3) is 6.36. The molecule has 0 saturated carbocycles. The molecule has 1 aliphatic rings. The minimum Gasteiger partial charge on any atom is -0.495 e. The maximum Gasteiger partial charge on any atom is 0.247 e. The van der Waals surface area contributed by atoms with Gasteiger partial charge in [-0.1, -0.05) is 24.8 Å². The van der Waals surface area contributed by atoms with E-state index >= 15 is 0 Å². The number of carbonyl (C=O) groups is 1. The lowest BCUT2D eigenvalue weighted by molar-refractivity contribution is -0.111. The van der Waals surface area contributed by atoms with Crippen LogP contribution in [-0.2, 0) is 9.53 Å². The first-order chi connectivity index (χ1) is 19.5. The second-order valence-corrected chi connectivity index (χ2v) is 8.98.